The number of thiophene rings is 1. The lowest BCUT2D eigenvalue weighted by Gasteiger charge is -2.29. The minimum Gasteiger partial charge on any atom is -0.369 e. The summed E-state index contributed by atoms with van der Waals surface area (Å²) in [7, 11) is 0. The normalized spacial score (nSPS) is 32.6. The highest BCUT2D eigenvalue weighted by molar-refractivity contribution is 7.08. The molecule has 0 aromatic carbocycles. The van der Waals surface area contributed by atoms with Crippen LogP contribution in [0.15, 0.2) is 16.8 Å². The number of hydrogen-bond acceptors (Lipinski definition) is 4. The van der Waals surface area contributed by atoms with Gasteiger partial charge >= 0.3 is 6.03 Å². The third-order valence-corrected chi connectivity index (χ3v) is 6.52. The minimum absolute atomic E-state index is 0.0191. The summed E-state index contributed by atoms with van der Waals surface area (Å²) in [6, 6.07) is 1.82. The molecule has 4 heterocycles. The van der Waals surface area contributed by atoms with Crippen molar-refractivity contribution in [1.29, 1.82) is 0 Å². The van der Waals surface area contributed by atoms with Gasteiger partial charge in [-0.1, -0.05) is 0 Å². The Morgan fingerprint density at radius 1 is 1.42 bits per heavy atom. The number of likely N-dealkylation sites (tertiary alicyclic amines) is 1. The molecule has 0 unspecified atom stereocenters. The molecule has 2 N–H and O–H groups in total. The second-order valence-electron chi connectivity index (χ2n) is 8.81. The summed E-state index contributed by atoms with van der Waals surface area (Å²) in [5, 5.41) is 9.90. The van der Waals surface area contributed by atoms with Gasteiger partial charge in [0, 0.05) is 41.4 Å². The zero-order valence-corrected chi connectivity index (χ0v) is 16.4. The molecule has 1 aromatic rings. The maximum Gasteiger partial charge on any atom is 0.317 e. The molecule has 3 amide bonds. The highest BCUT2D eigenvalue weighted by Crippen LogP contribution is 2.54. The Morgan fingerprint density at radius 3 is 2.92 bits per heavy atom. The molecule has 6 nitrogen and oxygen atoms in total. The van der Waals surface area contributed by atoms with E-state index in [1.165, 1.54) is 11.3 Å². The number of fused-ring (bicyclic) bond motifs is 1. The van der Waals surface area contributed by atoms with Crippen molar-refractivity contribution in [3.63, 3.8) is 0 Å². The van der Waals surface area contributed by atoms with Gasteiger partial charge in [-0.25, -0.2) is 4.79 Å². The van der Waals surface area contributed by atoms with E-state index in [0.29, 0.717) is 31.1 Å². The number of carbonyl (C=O) groups excluding carboxylic acids is 2. The second-order valence-corrected chi connectivity index (χ2v) is 9.59. The Hall–Kier alpha value is -1.60. The van der Waals surface area contributed by atoms with E-state index in [4.69, 9.17) is 4.74 Å². The summed E-state index contributed by atoms with van der Waals surface area (Å²) in [4.78, 5) is 26.7. The van der Waals surface area contributed by atoms with Crippen molar-refractivity contribution in [1.82, 2.24) is 15.5 Å². The van der Waals surface area contributed by atoms with E-state index in [0.717, 1.165) is 12.8 Å². The number of ether oxygens (including phenoxy) is 1. The van der Waals surface area contributed by atoms with Crippen LogP contribution in [0, 0.1) is 11.8 Å². The maximum absolute atomic E-state index is 12.6. The quantitative estimate of drug-likeness (QED) is 0.850. The number of rotatable bonds is 3. The van der Waals surface area contributed by atoms with Crippen molar-refractivity contribution in [2.75, 3.05) is 19.6 Å². The van der Waals surface area contributed by atoms with E-state index < -0.39 is 0 Å². The molecule has 7 heteroatoms. The van der Waals surface area contributed by atoms with E-state index in [-0.39, 0.29) is 35.1 Å². The third-order valence-electron chi connectivity index (χ3n) is 5.83. The number of amides is 3. The van der Waals surface area contributed by atoms with Crippen molar-refractivity contribution in [2.24, 2.45) is 11.8 Å². The Morgan fingerprint density at radius 2 is 2.23 bits per heavy atom. The number of nitrogens with one attached hydrogen (secondary N) is 2. The fraction of sp³-hybridized carbons (Fsp3) is 0.684. The van der Waals surface area contributed by atoms with Crippen LogP contribution in [0.5, 0.6) is 0 Å². The van der Waals surface area contributed by atoms with Gasteiger partial charge in [0.05, 0.1) is 18.2 Å². The summed E-state index contributed by atoms with van der Waals surface area (Å²) in [6.45, 7) is 7.95. The van der Waals surface area contributed by atoms with Gasteiger partial charge in [-0.15, -0.1) is 0 Å². The fourth-order valence-corrected chi connectivity index (χ4v) is 5.36. The molecule has 142 valence electrons. The first kappa shape index (κ1) is 17.8. The van der Waals surface area contributed by atoms with Crippen LogP contribution in [0.3, 0.4) is 0 Å². The smallest absolute Gasteiger partial charge is 0.317 e. The molecule has 3 fully saturated rings. The van der Waals surface area contributed by atoms with Crippen molar-refractivity contribution in [3.05, 3.63) is 22.4 Å². The van der Waals surface area contributed by atoms with Gasteiger partial charge in [-0.3, -0.25) is 4.79 Å². The van der Waals surface area contributed by atoms with Crippen LogP contribution in [-0.2, 0) is 4.74 Å². The predicted octanol–water partition coefficient (Wildman–Crippen LogP) is 2.47. The number of nitrogens with zero attached hydrogens (tertiary/aromatic N) is 1. The third kappa shape index (κ3) is 3.11. The largest absolute Gasteiger partial charge is 0.369 e. The fourth-order valence-electron chi connectivity index (χ4n) is 4.72. The van der Waals surface area contributed by atoms with E-state index in [1.54, 1.807) is 0 Å². The highest BCUT2D eigenvalue weighted by atomic mass is 32.1. The maximum atomic E-state index is 12.6. The molecular formula is C19H27N3O3S. The number of hydrogen-bond donors (Lipinski definition) is 2. The van der Waals surface area contributed by atoms with E-state index in [1.807, 2.05) is 42.5 Å². The first-order chi connectivity index (χ1) is 12.3. The monoisotopic (exact) mass is 377 g/mol. The molecule has 3 aliphatic heterocycles. The van der Waals surface area contributed by atoms with Gasteiger partial charge < -0.3 is 20.3 Å². The topological polar surface area (TPSA) is 70.7 Å². The lowest BCUT2D eigenvalue weighted by Crippen LogP contribution is -2.48. The number of urea groups is 1. The van der Waals surface area contributed by atoms with Gasteiger partial charge in [0.2, 0.25) is 0 Å². The Bertz CT molecular complexity index is 699. The van der Waals surface area contributed by atoms with E-state index in [9.17, 15) is 9.59 Å². The Balaban J connectivity index is 1.41. The molecule has 4 rings (SSSR count). The average molecular weight is 378 g/mol. The molecule has 0 radical (unpaired) electrons. The molecule has 3 saturated heterocycles. The minimum atomic E-state index is -0.251. The molecule has 4 atom stereocenters. The van der Waals surface area contributed by atoms with Crippen molar-refractivity contribution in [3.8, 4) is 0 Å². The SMILES string of the molecule is CC(C)(C)NC(=O)N1C[C@@H]2[C@H](CNC(=O)c3ccsc3)[C@H]3CC[C@]2(C1)O3. The van der Waals surface area contributed by atoms with Crippen LogP contribution in [0.4, 0.5) is 4.79 Å². The summed E-state index contributed by atoms with van der Waals surface area (Å²) >= 11 is 1.52. The molecule has 2 bridgehead atoms. The van der Waals surface area contributed by atoms with Gasteiger partial charge in [0.15, 0.2) is 0 Å². The standard InChI is InChI=1S/C19H27N3O3S/c1-18(2,3)21-17(24)22-9-14-13(15-4-6-19(14,11-22)25-15)8-20-16(23)12-5-7-26-10-12/h5,7,10,13-15H,4,6,8-9,11H2,1-3H3,(H,20,23)(H,21,24)/t13-,14+,15+,19+/m0/s1. The van der Waals surface area contributed by atoms with Crippen molar-refractivity contribution < 1.29 is 14.3 Å². The van der Waals surface area contributed by atoms with Gasteiger partial charge in [0.25, 0.3) is 5.91 Å². The van der Waals surface area contributed by atoms with E-state index in [2.05, 4.69) is 10.6 Å². The molecule has 0 saturated carbocycles. The Labute approximate surface area is 158 Å². The lowest BCUT2D eigenvalue weighted by atomic mass is 9.73. The van der Waals surface area contributed by atoms with Crippen LogP contribution in [0.2, 0.25) is 0 Å². The van der Waals surface area contributed by atoms with Crippen molar-refractivity contribution >= 4 is 23.3 Å². The van der Waals surface area contributed by atoms with E-state index >= 15 is 0 Å². The highest BCUT2D eigenvalue weighted by Gasteiger charge is 2.63. The predicted molar refractivity (Wildman–Crippen MR) is 100 cm³/mol. The van der Waals surface area contributed by atoms with Crippen molar-refractivity contribution in [2.45, 2.75) is 50.9 Å². The van der Waals surface area contributed by atoms with Crippen LogP contribution < -0.4 is 10.6 Å². The molecule has 26 heavy (non-hydrogen) atoms. The first-order valence-electron chi connectivity index (χ1n) is 9.33. The van der Waals surface area contributed by atoms with Gasteiger partial charge in [0.1, 0.15) is 0 Å². The molecule has 1 aromatic heterocycles. The lowest BCUT2D eigenvalue weighted by molar-refractivity contribution is 0.00535. The molecule has 3 aliphatic rings. The zero-order chi connectivity index (χ0) is 18.5. The summed E-state index contributed by atoms with van der Waals surface area (Å²) in [5.41, 5.74) is 0.253. The molecule has 1 spiro atoms. The zero-order valence-electron chi connectivity index (χ0n) is 15.6. The van der Waals surface area contributed by atoms with Crippen LogP contribution in [0.25, 0.3) is 0 Å². The van der Waals surface area contributed by atoms with Crippen LogP contribution in [-0.4, -0.2) is 53.7 Å². The van der Waals surface area contributed by atoms with Crippen LogP contribution in [0.1, 0.15) is 44.0 Å². The number of carbonyl (C=O) groups is 2. The second kappa shape index (κ2) is 6.23. The van der Waals surface area contributed by atoms with Gasteiger partial charge in [-0.05, 0) is 45.1 Å². The summed E-state index contributed by atoms with van der Waals surface area (Å²) < 4.78 is 6.36. The summed E-state index contributed by atoms with van der Waals surface area (Å²) in [6.07, 6.45) is 2.23. The average Bonchev–Trinajstić information content (AvgIpc) is 3.30. The first-order valence-corrected chi connectivity index (χ1v) is 10.3. The molecule has 0 aliphatic carbocycles. The molecular weight excluding hydrogens is 350 g/mol. The Kier molecular flexibility index (Phi) is 4.27. The summed E-state index contributed by atoms with van der Waals surface area (Å²) in [5.74, 6) is 0.553. The van der Waals surface area contributed by atoms with Gasteiger partial charge in [-0.2, -0.15) is 11.3 Å². The van der Waals surface area contributed by atoms with Crippen LogP contribution >= 0.6 is 11.3 Å².